The highest BCUT2D eigenvalue weighted by molar-refractivity contribution is 5.35. The van der Waals surface area contributed by atoms with Gasteiger partial charge in [-0.2, -0.15) is 0 Å². The quantitative estimate of drug-likeness (QED) is 0.915. The second kappa shape index (κ2) is 5.85. The Balaban J connectivity index is 2.22. The molecule has 0 bridgehead atoms. The van der Waals surface area contributed by atoms with Gasteiger partial charge in [-0.05, 0) is 43.2 Å². The number of aliphatic hydroxyl groups is 1. The van der Waals surface area contributed by atoms with Gasteiger partial charge in [-0.25, -0.2) is 0 Å². The molecule has 2 aromatic rings. The number of nitrogens with zero attached hydrogens (tertiary/aromatic N) is 1. The fourth-order valence-electron chi connectivity index (χ4n) is 2.26. The Kier molecular flexibility index (Phi) is 4.17. The van der Waals surface area contributed by atoms with Crippen molar-refractivity contribution in [3.05, 3.63) is 58.9 Å². The van der Waals surface area contributed by atoms with Crippen molar-refractivity contribution < 1.29 is 9.84 Å². The number of para-hydroxylation sites is 1. The molecule has 0 amide bonds. The predicted molar refractivity (Wildman–Crippen MR) is 75.4 cm³/mol. The third-order valence-corrected chi connectivity index (χ3v) is 3.09. The van der Waals surface area contributed by atoms with E-state index in [9.17, 15) is 5.11 Å². The van der Waals surface area contributed by atoms with Gasteiger partial charge in [0.15, 0.2) is 0 Å². The minimum Gasteiger partial charge on any atom is -0.496 e. The number of benzene rings is 1. The average molecular weight is 257 g/mol. The zero-order valence-corrected chi connectivity index (χ0v) is 11.6. The molecule has 0 saturated heterocycles. The van der Waals surface area contributed by atoms with E-state index in [1.807, 2.05) is 50.2 Å². The van der Waals surface area contributed by atoms with E-state index in [1.54, 1.807) is 7.11 Å². The monoisotopic (exact) mass is 257 g/mol. The molecule has 19 heavy (non-hydrogen) atoms. The Hall–Kier alpha value is -1.87. The molecule has 0 radical (unpaired) electrons. The number of hydrogen-bond donors (Lipinski definition) is 1. The number of methoxy groups -OCH3 is 1. The van der Waals surface area contributed by atoms with Gasteiger partial charge < -0.3 is 9.84 Å². The van der Waals surface area contributed by atoms with Crippen LogP contribution >= 0.6 is 0 Å². The van der Waals surface area contributed by atoms with Gasteiger partial charge in [-0.3, -0.25) is 4.98 Å². The molecule has 0 aliphatic rings. The first-order chi connectivity index (χ1) is 9.10. The lowest BCUT2D eigenvalue weighted by Crippen LogP contribution is -2.05. The molecule has 1 N–H and O–H groups in total. The van der Waals surface area contributed by atoms with E-state index in [0.717, 1.165) is 28.3 Å². The van der Waals surface area contributed by atoms with E-state index >= 15 is 0 Å². The lowest BCUT2D eigenvalue weighted by atomic mass is 10.0. The molecular formula is C16H19NO2. The Morgan fingerprint density at radius 1 is 1.16 bits per heavy atom. The molecule has 0 aliphatic carbocycles. The van der Waals surface area contributed by atoms with Crippen molar-refractivity contribution in [2.75, 3.05) is 7.11 Å². The van der Waals surface area contributed by atoms with Crippen LogP contribution < -0.4 is 4.74 Å². The van der Waals surface area contributed by atoms with E-state index in [1.165, 1.54) is 0 Å². The molecule has 0 aliphatic heterocycles. The molecule has 3 heteroatoms. The number of rotatable bonds is 4. The van der Waals surface area contributed by atoms with Crippen LogP contribution in [0.25, 0.3) is 0 Å². The smallest absolute Gasteiger partial charge is 0.122 e. The summed E-state index contributed by atoms with van der Waals surface area (Å²) in [4.78, 5) is 4.32. The highest BCUT2D eigenvalue weighted by Gasteiger charge is 2.12. The van der Waals surface area contributed by atoms with Gasteiger partial charge in [-0.15, -0.1) is 0 Å². The Bertz CT molecular complexity index is 546. The summed E-state index contributed by atoms with van der Waals surface area (Å²) in [7, 11) is 1.64. The maximum absolute atomic E-state index is 10.4. The molecule has 1 aromatic carbocycles. The standard InChI is InChI=1S/C16H19NO2/c1-11-8-14(9-12(2)17-11)15(18)10-13-6-4-5-7-16(13)19-3/h4-9,15,18H,10H2,1-3H3. The van der Waals surface area contributed by atoms with Gasteiger partial charge in [0.05, 0.1) is 13.2 Å². The molecule has 1 heterocycles. The minimum absolute atomic E-state index is 0.535. The molecule has 0 saturated carbocycles. The molecule has 1 aromatic heterocycles. The first kappa shape index (κ1) is 13.6. The maximum atomic E-state index is 10.4. The predicted octanol–water partition coefficient (Wildman–Crippen LogP) is 2.98. The SMILES string of the molecule is COc1ccccc1CC(O)c1cc(C)nc(C)c1. The first-order valence-corrected chi connectivity index (χ1v) is 6.35. The normalized spacial score (nSPS) is 12.2. The summed E-state index contributed by atoms with van der Waals surface area (Å²) in [5.41, 5.74) is 3.75. The van der Waals surface area contributed by atoms with Gasteiger partial charge >= 0.3 is 0 Å². The van der Waals surface area contributed by atoms with Gasteiger partial charge in [0.25, 0.3) is 0 Å². The van der Waals surface area contributed by atoms with Crippen LogP contribution in [0.4, 0.5) is 0 Å². The summed E-state index contributed by atoms with van der Waals surface area (Å²) >= 11 is 0. The molecule has 100 valence electrons. The molecule has 3 nitrogen and oxygen atoms in total. The van der Waals surface area contributed by atoms with Gasteiger partial charge in [0, 0.05) is 17.8 Å². The number of ether oxygens (including phenoxy) is 1. The van der Waals surface area contributed by atoms with E-state index in [-0.39, 0.29) is 0 Å². The maximum Gasteiger partial charge on any atom is 0.122 e. The highest BCUT2D eigenvalue weighted by Crippen LogP contribution is 2.25. The number of hydrogen-bond acceptors (Lipinski definition) is 3. The second-order valence-electron chi connectivity index (χ2n) is 4.72. The van der Waals surface area contributed by atoms with E-state index in [4.69, 9.17) is 4.74 Å². The molecule has 2 rings (SSSR count). The van der Waals surface area contributed by atoms with Crippen LogP contribution in [0.5, 0.6) is 5.75 Å². The second-order valence-corrected chi connectivity index (χ2v) is 4.72. The Morgan fingerprint density at radius 3 is 2.42 bits per heavy atom. The van der Waals surface area contributed by atoms with E-state index < -0.39 is 6.10 Å². The van der Waals surface area contributed by atoms with Gasteiger partial charge in [0.1, 0.15) is 5.75 Å². The summed E-state index contributed by atoms with van der Waals surface area (Å²) in [6, 6.07) is 11.6. The van der Waals surface area contributed by atoms with Crippen LogP contribution in [-0.2, 0) is 6.42 Å². The fourth-order valence-corrected chi connectivity index (χ4v) is 2.26. The third-order valence-electron chi connectivity index (χ3n) is 3.09. The average Bonchev–Trinajstić information content (AvgIpc) is 2.38. The van der Waals surface area contributed by atoms with Crippen molar-refractivity contribution >= 4 is 0 Å². The topological polar surface area (TPSA) is 42.4 Å². The van der Waals surface area contributed by atoms with Crippen molar-refractivity contribution in [1.29, 1.82) is 0 Å². The Labute approximate surface area is 113 Å². The van der Waals surface area contributed by atoms with Crippen LogP contribution in [0.15, 0.2) is 36.4 Å². The summed E-state index contributed by atoms with van der Waals surface area (Å²) in [5.74, 6) is 0.809. The zero-order valence-electron chi connectivity index (χ0n) is 11.6. The Morgan fingerprint density at radius 2 is 1.79 bits per heavy atom. The summed E-state index contributed by atoms with van der Waals surface area (Å²) in [5, 5.41) is 10.4. The van der Waals surface area contributed by atoms with Crippen LogP contribution in [0.3, 0.4) is 0 Å². The van der Waals surface area contributed by atoms with Crippen LogP contribution in [0.1, 0.15) is 28.6 Å². The van der Waals surface area contributed by atoms with Gasteiger partial charge in [-0.1, -0.05) is 18.2 Å². The van der Waals surface area contributed by atoms with Crippen LogP contribution in [0, 0.1) is 13.8 Å². The van der Waals surface area contributed by atoms with E-state index in [0.29, 0.717) is 6.42 Å². The summed E-state index contributed by atoms with van der Waals surface area (Å²) in [6.45, 7) is 3.87. The summed E-state index contributed by atoms with van der Waals surface area (Å²) < 4.78 is 5.31. The largest absolute Gasteiger partial charge is 0.496 e. The van der Waals surface area contributed by atoms with Crippen molar-refractivity contribution in [2.24, 2.45) is 0 Å². The number of aromatic nitrogens is 1. The van der Waals surface area contributed by atoms with Crippen molar-refractivity contribution in [3.63, 3.8) is 0 Å². The first-order valence-electron chi connectivity index (χ1n) is 6.35. The number of pyridine rings is 1. The lowest BCUT2D eigenvalue weighted by molar-refractivity contribution is 0.177. The van der Waals surface area contributed by atoms with E-state index in [2.05, 4.69) is 4.98 Å². The minimum atomic E-state index is -0.545. The molecule has 0 spiro atoms. The third kappa shape index (κ3) is 3.32. The van der Waals surface area contributed by atoms with Crippen molar-refractivity contribution in [2.45, 2.75) is 26.4 Å². The lowest BCUT2D eigenvalue weighted by Gasteiger charge is -2.14. The number of aliphatic hydroxyl groups excluding tert-OH is 1. The fraction of sp³-hybridized carbons (Fsp3) is 0.312. The van der Waals surface area contributed by atoms with Gasteiger partial charge in [0.2, 0.25) is 0 Å². The number of aryl methyl sites for hydroxylation is 2. The van der Waals surface area contributed by atoms with Crippen molar-refractivity contribution in [3.8, 4) is 5.75 Å². The molecule has 0 fully saturated rings. The molecule has 1 atom stereocenters. The summed E-state index contributed by atoms with van der Waals surface area (Å²) in [6.07, 6.45) is -0.0101. The molecule has 1 unspecified atom stereocenters. The van der Waals surface area contributed by atoms with Crippen LogP contribution in [0.2, 0.25) is 0 Å². The molecular weight excluding hydrogens is 238 g/mol. The highest BCUT2D eigenvalue weighted by atomic mass is 16.5. The zero-order chi connectivity index (χ0) is 13.8. The van der Waals surface area contributed by atoms with Crippen LogP contribution in [-0.4, -0.2) is 17.2 Å². The van der Waals surface area contributed by atoms with Crippen molar-refractivity contribution in [1.82, 2.24) is 4.98 Å².